The van der Waals surface area contributed by atoms with Crippen LogP contribution in [0.2, 0.25) is 5.02 Å². The predicted molar refractivity (Wildman–Crippen MR) is 78.6 cm³/mol. The van der Waals surface area contributed by atoms with Crippen LogP contribution < -0.4 is 11.1 Å². The molecule has 1 fully saturated rings. The van der Waals surface area contributed by atoms with Crippen molar-refractivity contribution in [3.8, 4) is 0 Å². The zero-order valence-corrected chi connectivity index (χ0v) is 12.1. The molecule has 1 unspecified atom stereocenters. The summed E-state index contributed by atoms with van der Waals surface area (Å²) in [6.07, 6.45) is 1.75. The van der Waals surface area contributed by atoms with Gasteiger partial charge in [0.2, 0.25) is 5.91 Å². The Morgan fingerprint density at radius 3 is 2.85 bits per heavy atom. The van der Waals surface area contributed by atoms with Crippen LogP contribution in [0.1, 0.15) is 30.1 Å². The minimum atomic E-state index is -0.120. The molecule has 1 aromatic carbocycles. The van der Waals surface area contributed by atoms with Gasteiger partial charge in [0, 0.05) is 31.7 Å². The number of amides is 2. The van der Waals surface area contributed by atoms with Gasteiger partial charge in [-0.3, -0.25) is 9.59 Å². The highest BCUT2D eigenvalue weighted by Crippen LogP contribution is 2.22. The Kier molecular flexibility index (Phi) is 4.49. The van der Waals surface area contributed by atoms with E-state index in [4.69, 9.17) is 17.3 Å². The molecular formula is C14H18ClN3O2. The summed E-state index contributed by atoms with van der Waals surface area (Å²) < 4.78 is 0. The van der Waals surface area contributed by atoms with Gasteiger partial charge in [-0.25, -0.2) is 0 Å². The summed E-state index contributed by atoms with van der Waals surface area (Å²) in [7, 11) is 0. The van der Waals surface area contributed by atoms with Crippen LogP contribution in [0, 0.1) is 0 Å². The van der Waals surface area contributed by atoms with Crippen LogP contribution in [0.3, 0.4) is 0 Å². The molecule has 1 saturated heterocycles. The quantitative estimate of drug-likeness (QED) is 0.815. The van der Waals surface area contributed by atoms with Gasteiger partial charge in [-0.2, -0.15) is 0 Å². The van der Waals surface area contributed by atoms with Crippen molar-refractivity contribution < 1.29 is 9.59 Å². The molecule has 1 aromatic rings. The highest BCUT2D eigenvalue weighted by molar-refractivity contribution is 6.34. The number of carbonyl (C=O) groups is 2. The lowest BCUT2D eigenvalue weighted by atomic mass is 10.0. The third-order valence-corrected chi connectivity index (χ3v) is 3.65. The van der Waals surface area contributed by atoms with Gasteiger partial charge in [0.1, 0.15) is 0 Å². The van der Waals surface area contributed by atoms with E-state index in [2.05, 4.69) is 5.32 Å². The fraction of sp³-hybridized carbons (Fsp3) is 0.429. The lowest BCUT2D eigenvalue weighted by molar-refractivity contribution is -0.120. The number of nitrogens with two attached hydrogens (primary N) is 1. The Bertz CT molecular complexity index is 533. The Balaban J connectivity index is 2.10. The average Bonchev–Trinajstić information content (AvgIpc) is 2.37. The Labute approximate surface area is 123 Å². The smallest absolute Gasteiger partial charge is 0.255 e. The number of rotatable bonds is 2. The lowest BCUT2D eigenvalue weighted by Gasteiger charge is -2.33. The van der Waals surface area contributed by atoms with Crippen molar-refractivity contribution >= 4 is 29.1 Å². The number of likely N-dealkylation sites (tertiary alicyclic amines) is 1. The molecule has 1 atom stereocenters. The van der Waals surface area contributed by atoms with Crippen LogP contribution in [0.15, 0.2) is 18.2 Å². The number of halogens is 1. The summed E-state index contributed by atoms with van der Waals surface area (Å²) in [6, 6.07) is 4.89. The molecule has 20 heavy (non-hydrogen) atoms. The third kappa shape index (κ3) is 3.42. The molecule has 6 heteroatoms. The van der Waals surface area contributed by atoms with Gasteiger partial charge in [-0.05, 0) is 31.0 Å². The number of nitrogen functional groups attached to an aromatic ring is 1. The highest BCUT2D eigenvalue weighted by Gasteiger charge is 2.25. The van der Waals surface area contributed by atoms with Crippen molar-refractivity contribution in [3.63, 3.8) is 0 Å². The maximum Gasteiger partial charge on any atom is 0.255 e. The van der Waals surface area contributed by atoms with Gasteiger partial charge in [0.15, 0.2) is 0 Å². The molecule has 3 N–H and O–H groups in total. The van der Waals surface area contributed by atoms with E-state index in [9.17, 15) is 9.59 Å². The fourth-order valence-corrected chi connectivity index (χ4v) is 2.71. The van der Waals surface area contributed by atoms with E-state index in [1.165, 1.54) is 6.92 Å². The summed E-state index contributed by atoms with van der Waals surface area (Å²) in [6.45, 7) is 2.67. The minimum absolute atomic E-state index is 0.0118. The first-order valence-electron chi connectivity index (χ1n) is 6.59. The minimum Gasteiger partial charge on any atom is -0.399 e. The first-order chi connectivity index (χ1) is 9.47. The Hall–Kier alpha value is -1.75. The maximum absolute atomic E-state index is 12.5. The zero-order valence-electron chi connectivity index (χ0n) is 11.4. The fourth-order valence-electron chi connectivity index (χ4n) is 2.44. The van der Waals surface area contributed by atoms with Gasteiger partial charge >= 0.3 is 0 Å². The molecule has 108 valence electrons. The van der Waals surface area contributed by atoms with Crippen molar-refractivity contribution in [1.82, 2.24) is 10.2 Å². The number of hydrogen-bond donors (Lipinski definition) is 2. The van der Waals surface area contributed by atoms with Crippen LogP contribution >= 0.6 is 11.6 Å². The monoisotopic (exact) mass is 295 g/mol. The highest BCUT2D eigenvalue weighted by atomic mass is 35.5. The van der Waals surface area contributed by atoms with E-state index < -0.39 is 0 Å². The molecule has 1 heterocycles. The van der Waals surface area contributed by atoms with Gasteiger partial charge in [-0.1, -0.05) is 11.6 Å². The van der Waals surface area contributed by atoms with Crippen LogP contribution in [0.25, 0.3) is 0 Å². The van der Waals surface area contributed by atoms with Crippen molar-refractivity contribution in [2.45, 2.75) is 25.8 Å². The molecule has 0 radical (unpaired) electrons. The van der Waals surface area contributed by atoms with Crippen molar-refractivity contribution in [1.29, 1.82) is 0 Å². The Morgan fingerprint density at radius 1 is 1.45 bits per heavy atom. The normalized spacial score (nSPS) is 18.7. The molecule has 2 amide bonds. The van der Waals surface area contributed by atoms with Gasteiger partial charge < -0.3 is 16.0 Å². The number of nitrogens with zero attached hydrogens (tertiary/aromatic N) is 1. The van der Waals surface area contributed by atoms with Crippen molar-refractivity contribution in [2.24, 2.45) is 0 Å². The van der Waals surface area contributed by atoms with E-state index in [0.29, 0.717) is 29.4 Å². The van der Waals surface area contributed by atoms with Crippen LogP contribution in [-0.2, 0) is 4.79 Å². The van der Waals surface area contributed by atoms with Crippen molar-refractivity contribution in [3.05, 3.63) is 28.8 Å². The van der Waals surface area contributed by atoms with Crippen LogP contribution in [0.5, 0.6) is 0 Å². The topological polar surface area (TPSA) is 75.4 Å². The molecule has 0 saturated carbocycles. The van der Waals surface area contributed by atoms with Crippen LogP contribution in [0.4, 0.5) is 5.69 Å². The molecule has 0 spiro atoms. The second-order valence-corrected chi connectivity index (χ2v) is 5.44. The van der Waals surface area contributed by atoms with Crippen molar-refractivity contribution in [2.75, 3.05) is 18.8 Å². The second-order valence-electron chi connectivity index (χ2n) is 5.03. The first kappa shape index (κ1) is 14.7. The molecule has 0 aromatic heterocycles. The summed E-state index contributed by atoms with van der Waals surface area (Å²) in [4.78, 5) is 25.3. The molecule has 5 nitrogen and oxygen atoms in total. The number of nitrogens with one attached hydrogen (secondary N) is 1. The average molecular weight is 296 g/mol. The SMILES string of the molecule is CC(=O)NC1CCCN(C(=O)c2ccc(N)cc2Cl)C1. The first-order valence-corrected chi connectivity index (χ1v) is 6.96. The second kappa shape index (κ2) is 6.13. The third-order valence-electron chi connectivity index (χ3n) is 3.34. The lowest BCUT2D eigenvalue weighted by Crippen LogP contribution is -2.49. The number of benzene rings is 1. The molecule has 1 aliphatic rings. The predicted octanol–water partition coefficient (Wildman–Crippen LogP) is 1.66. The van der Waals surface area contributed by atoms with E-state index in [1.54, 1.807) is 23.1 Å². The zero-order chi connectivity index (χ0) is 14.7. The van der Waals surface area contributed by atoms with Gasteiger partial charge in [0.25, 0.3) is 5.91 Å². The molecule has 1 aliphatic heterocycles. The van der Waals surface area contributed by atoms with E-state index >= 15 is 0 Å². The molecule has 2 rings (SSSR count). The summed E-state index contributed by atoms with van der Waals surface area (Å²) in [5.74, 6) is -0.195. The van der Waals surface area contributed by atoms with Crippen LogP contribution in [-0.4, -0.2) is 35.8 Å². The largest absolute Gasteiger partial charge is 0.399 e. The van der Waals surface area contributed by atoms with E-state index in [1.807, 2.05) is 0 Å². The number of carbonyl (C=O) groups excluding carboxylic acids is 2. The standard InChI is InChI=1S/C14H18ClN3O2/c1-9(19)17-11-3-2-6-18(8-11)14(20)12-5-4-10(16)7-13(12)15/h4-5,7,11H,2-3,6,8,16H2,1H3,(H,17,19). The van der Waals surface area contributed by atoms with Gasteiger partial charge in [-0.15, -0.1) is 0 Å². The summed E-state index contributed by atoms with van der Waals surface area (Å²) >= 11 is 6.07. The van der Waals surface area contributed by atoms with Gasteiger partial charge in [0.05, 0.1) is 10.6 Å². The summed E-state index contributed by atoms with van der Waals surface area (Å²) in [5.41, 5.74) is 6.60. The molecule has 0 aliphatic carbocycles. The maximum atomic E-state index is 12.5. The number of piperidine rings is 1. The molecule has 0 bridgehead atoms. The van der Waals surface area contributed by atoms with E-state index in [0.717, 1.165) is 12.8 Å². The molecular weight excluding hydrogens is 278 g/mol. The summed E-state index contributed by atoms with van der Waals surface area (Å²) in [5, 5.41) is 3.21. The van der Waals surface area contributed by atoms with E-state index in [-0.39, 0.29) is 17.9 Å². The Morgan fingerprint density at radius 2 is 2.20 bits per heavy atom. The number of anilines is 1. The number of hydrogen-bond acceptors (Lipinski definition) is 3.